The van der Waals surface area contributed by atoms with Gasteiger partial charge in [-0.2, -0.15) is 0 Å². The van der Waals surface area contributed by atoms with E-state index in [1.165, 1.54) is 11.1 Å². The van der Waals surface area contributed by atoms with Crippen LogP contribution >= 0.6 is 0 Å². The molecule has 0 aromatic heterocycles. The minimum atomic E-state index is -0.0531. The van der Waals surface area contributed by atoms with E-state index in [1.54, 1.807) is 12.1 Å². The first-order chi connectivity index (χ1) is 10.4. The standard InChI is InChI=1S/C20H26O2/c1-20(2,3)17-11-8-15(9-12-17)6-4-5-7-16-10-13-18(21)19(22)14-16/h8-14,21-22H,4-7H2,1-3H3. The molecule has 0 aliphatic heterocycles. The largest absolute Gasteiger partial charge is 0.504 e. The second kappa shape index (κ2) is 6.87. The second-order valence-electron chi connectivity index (χ2n) is 6.98. The Labute approximate surface area is 133 Å². The third-order valence-corrected chi connectivity index (χ3v) is 4.04. The highest BCUT2D eigenvalue weighted by atomic mass is 16.3. The van der Waals surface area contributed by atoms with Gasteiger partial charge >= 0.3 is 0 Å². The molecule has 0 bridgehead atoms. The van der Waals surface area contributed by atoms with Crippen LogP contribution in [-0.4, -0.2) is 10.2 Å². The van der Waals surface area contributed by atoms with Crippen LogP contribution in [-0.2, 0) is 18.3 Å². The van der Waals surface area contributed by atoms with E-state index in [1.807, 2.05) is 6.07 Å². The van der Waals surface area contributed by atoms with Crippen LogP contribution in [0.4, 0.5) is 0 Å². The van der Waals surface area contributed by atoms with Crippen LogP contribution in [0.1, 0.15) is 50.3 Å². The van der Waals surface area contributed by atoms with Crippen molar-refractivity contribution in [3.8, 4) is 11.5 Å². The molecular formula is C20H26O2. The molecule has 0 amide bonds. The fraction of sp³-hybridized carbons (Fsp3) is 0.400. The van der Waals surface area contributed by atoms with Gasteiger partial charge in [0.05, 0.1) is 0 Å². The van der Waals surface area contributed by atoms with Crippen molar-refractivity contribution in [1.29, 1.82) is 0 Å². The molecule has 0 spiro atoms. The van der Waals surface area contributed by atoms with Crippen molar-refractivity contribution in [1.82, 2.24) is 0 Å². The summed E-state index contributed by atoms with van der Waals surface area (Å²) in [6, 6.07) is 14.0. The van der Waals surface area contributed by atoms with Gasteiger partial charge in [0, 0.05) is 0 Å². The average molecular weight is 298 g/mol. The van der Waals surface area contributed by atoms with Gasteiger partial charge in [-0.1, -0.05) is 51.1 Å². The first-order valence-electron chi connectivity index (χ1n) is 7.96. The van der Waals surface area contributed by atoms with Crippen LogP contribution in [0.5, 0.6) is 11.5 Å². The van der Waals surface area contributed by atoms with Crippen LogP contribution < -0.4 is 0 Å². The summed E-state index contributed by atoms with van der Waals surface area (Å²) in [6.45, 7) is 6.69. The zero-order valence-electron chi connectivity index (χ0n) is 13.8. The van der Waals surface area contributed by atoms with Crippen LogP contribution in [0.2, 0.25) is 0 Å². The normalized spacial score (nSPS) is 11.6. The molecule has 118 valence electrons. The maximum atomic E-state index is 9.48. The van der Waals surface area contributed by atoms with Crippen LogP contribution in [0.3, 0.4) is 0 Å². The maximum absolute atomic E-state index is 9.48. The van der Waals surface area contributed by atoms with E-state index >= 15 is 0 Å². The van der Waals surface area contributed by atoms with Crippen molar-refractivity contribution >= 4 is 0 Å². The Morgan fingerprint density at radius 3 is 1.82 bits per heavy atom. The Balaban J connectivity index is 1.80. The van der Waals surface area contributed by atoms with Crippen LogP contribution in [0.25, 0.3) is 0 Å². The Hall–Kier alpha value is -1.96. The molecule has 0 unspecified atom stereocenters. The van der Waals surface area contributed by atoms with Gasteiger partial charge in [-0.05, 0) is 59.9 Å². The van der Waals surface area contributed by atoms with E-state index in [9.17, 15) is 10.2 Å². The maximum Gasteiger partial charge on any atom is 0.157 e. The summed E-state index contributed by atoms with van der Waals surface area (Å²) in [4.78, 5) is 0. The molecule has 0 aliphatic carbocycles. The fourth-order valence-electron chi connectivity index (χ4n) is 2.55. The summed E-state index contributed by atoms with van der Waals surface area (Å²) in [5, 5.41) is 18.8. The summed E-state index contributed by atoms with van der Waals surface area (Å²) in [5.41, 5.74) is 4.02. The molecule has 0 saturated heterocycles. The van der Waals surface area contributed by atoms with Crippen molar-refractivity contribution in [2.75, 3.05) is 0 Å². The molecule has 0 atom stereocenters. The van der Waals surface area contributed by atoms with Crippen molar-refractivity contribution in [2.45, 2.75) is 51.9 Å². The van der Waals surface area contributed by atoms with Crippen molar-refractivity contribution in [3.63, 3.8) is 0 Å². The average Bonchev–Trinajstić information content (AvgIpc) is 2.47. The predicted molar refractivity (Wildman–Crippen MR) is 91.6 cm³/mol. The Morgan fingerprint density at radius 1 is 0.727 bits per heavy atom. The van der Waals surface area contributed by atoms with E-state index in [0.29, 0.717) is 0 Å². The molecule has 2 aromatic rings. The Bertz CT molecular complexity index is 607. The molecule has 0 heterocycles. The lowest BCUT2D eigenvalue weighted by Gasteiger charge is -2.19. The third kappa shape index (κ3) is 4.52. The first kappa shape index (κ1) is 16.4. The van der Waals surface area contributed by atoms with Gasteiger partial charge < -0.3 is 10.2 Å². The summed E-state index contributed by atoms with van der Waals surface area (Å²) in [7, 11) is 0. The number of hydrogen-bond donors (Lipinski definition) is 2. The molecule has 0 fully saturated rings. The van der Waals surface area contributed by atoms with Gasteiger partial charge in [-0.25, -0.2) is 0 Å². The minimum Gasteiger partial charge on any atom is -0.504 e. The minimum absolute atomic E-state index is 0.0322. The molecule has 2 N–H and O–H groups in total. The fourth-order valence-corrected chi connectivity index (χ4v) is 2.55. The topological polar surface area (TPSA) is 40.5 Å². The van der Waals surface area contributed by atoms with Gasteiger partial charge in [-0.15, -0.1) is 0 Å². The van der Waals surface area contributed by atoms with Gasteiger partial charge in [0.25, 0.3) is 0 Å². The highest BCUT2D eigenvalue weighted by Crippen LogP contribution is 2.26. The summed E-state index contributed by atoms with van der Waals surface area (Å²) >= 11 is 0. The van der Waals surface area contributed by atoms with Crippen molar-refractivity contribution in [3.05, 3.63) is 59.2 Å². The number of phenolic OH excluding ortho intramolecular Hbond substituents is 2. The monoisotopic (exact) mass is 298 g/mol. The molecular weight excluding hydrogens is 272 g/mol. The zero-order valence-corrected chi connectivity index (χ0v) is 13.8. The van der Waals surface area contributed by atoms with E-state index in [2.05, 4.69) is 45.0 Å². The molecule has 0 aliphatic rings. The predicted octanol–water partition coefficient (Wildman–Crippen LogP) is 4.96. The van der Waals surface area contributed by atoms with Crippen LogP contribution in [0, 0.1) is 0 Å². The van der Waals surface area contributed by atoms with Gasteiger partial charge in [0.2, 0.25) is 0 Å². The SMILES string of the molecule is CC(C)(C)c1ccc(CCCCc2ccc(O)c(O)c2)cc1. The Morgan fingerprint density at radius 2 is 1.27 bits per heavy atom. The van der Waals surface area contributed by atoms with Gasteiger partial charge in [0.1, 0.15) is 0 Å². The van der Waals surface area contributed by atoms with Gasteiger partial charge in [-0.3, -0.25) is 0 Å². The molecule has 2 heteroatoms. The third-order valence-electron chi connectivity index (χ3n) is 4.04. The summed E-state index contributed by atoms with van der Waals surface area (Å²) in [6.07, 6.45) is 4.20. The number of benzene rings is 2. The van der Waals surface area contributed by atoms with E-state index in [0.717, 1.165) is 31.2 Å². The number of phenols is 2. The smallest absolute Gasteiger partial charge is 0.157 e. The lowest BCUT2D eigenvalue weighted by atomic mass is 9.86. The number of unbranched alkanes of at least 4 members (excludes halogenated alkanes) is 1. The lowest BCUT2D eigenvalue weighted by molar-refractivity contribution is 0.403. The first-order valence-corrected chi connectivity index (χ1v) is 7.96. The van der Waals surface area contributed by atoms with Crippen molar-refractivity contribution < 1.29 is 10.2 Å². The number of hydrogen-bond acceptors (Lipinski definition) is 2. The Kier molecular flexibility index (Phi) is 5.12. The molecule has 22 heavy (non-hydrogen) atoms. The van der Waals surface area contributed by atoms with Gasteiger partial charge in [0.15, 0.2) is 11.5 Å². The zero-order chi connectivity index (χ0) is 16.2. The number of aryl methyl sites for hydroxylation is 2. The molecule has 0 radical (unpaired) electrons. The van der Waals surface area contributed by atoms with E-state index in [4.69, 9.17) is 0 Å². The molecule has 2 nitrogen and oxygen atoms in total. The summed E-state index contributed by atoms with van der Waals surface area (Å²) in [5.74, 6) is -0.0852. The quantitative estimate of drug-likeness (QED) is 0.605. The highest BCUT2D eigenvalue weighted by molar-refractivity contribution is 5.40. The molecule has 0 saturated carbocycles. The van der Waals surface area contributed by atoms with Crippen molar-refractivity contribution in [2.24, 2.45) is 0 Å². The second-order valence-corrected chi connectivity index (χ2v) is 6.98. The summed E-state index contributed by atoms with van der Waals surface area (Å²) < 4.78 is 0. The van der Waals surface area contributed by atoms with Crippen LogP contribution in [0.15, 0.2) is 42.5 Å². The van der Waals surface area contributed by atoms with E-state index in [-0.39, 0.29) is 16.9 Å². The number of rotatable bonds is 5. The van der Waals surface area contributed by atoms with E-state index < -0.39 is 0 Å². The molecule has 2 rings (SSSR count). The number of aromatic hydroxyl groups is 2. The lowest BCUT2D eigenvalue weighted by Crippen LogP contribution is -2.10. The molecule has 2 aromatic carbocycles. The highest BCUT2D eigenvalue weighted by Gasteiger charge is 2.12.